The maximum Gasteiger partial charge on any atom is 0.0281 e. The summed E-state index contributed by atoms with van der Waals surface area (Å²) in [5.74, 6) is 0. The van der Waals surface area contributed by atoms with Crippen LogP contribution in [0.4, 0.5) is 0 Å². The average molecular weight is 226 g/mol. The zero-order chi connectivity index (χ0) is 12.3. The topological polar surface area (TPSA) is 15.6 Å². The SMILES string of the molecule is CN=Cc1cc(CN(C)C)c2ccccc2c1. The maximum atomic E-state index is 4.09. The molecule has 0 aliphatic carbocycles. The Labute approximate surface area is 103 Å². The van der Waals surface area contributed by atoms with Crippen molar-refractivity contribution in [1.82, 2.24) is 4.90 Å². The van der Waals surface area contributed by atoms with Crippen molar-refractivity contribution in [3.8, 4) is 0 Å². The summed E-state index contributed by atoms with van der Waals surface area (Å²) in [6, 6.07) is 12.9. The van der Waals surface area contributed by atoms with Crippen LogP contribution in [0.5, 0.6) is 0 Å². The Kier molecular flexibility index (Phi) is 3.55. The molecule has 0 radical (unpaired) electrons. The molecule has 0 saturated heterocycles. The summed E-state index contributed by atoms with van der Waals surface area (Å²) in [7, 11) is 5.99. The van der Waals surface area contributed by atoms with Crippen molar-refractivity contribution in [1.29, 1.82) is 0 Å². The van der Waals surface area contributed by atoms with Crippen LogP contribution in [-0.4, -0.2) is 32.3 Å². The minimum atomic E-state index is 0.950. The Morgan fingerprint density at radius 2 is 1.94 bits per heavy atom. The molecule has 0 bridgehead atoms. The molecule has 0 atom stereocenters. The molecule has 2 nitrogen and oxygen atoms in total. The van der Waals surface area contributed by atoms with Crippen LogP contribution in [-0.2, 0) is 6.54 Å². The molecule has 88 valence electrons. The second-order valence-corrected chi connectivity index (χ2v) is 4.53. The van der Waals surface area contributed by atoms with Gasteiger partial charge in [0.2, 0.25) is 0 Å². The second kappa shape index (κ2) is 5.11. The van der Waals surface area contributed by atoms with Crippen LogP contribution >= 0.6 is 0 Å². The van der Waals surface area contributed by atoms with E-state index in [-0.39, 0.29) is 0 Å². The molecule has 2 rings (SSSR count). The molecule has 0 aromatic heterocycles. The van der Waals surface area contributed by atoms with E-state index in [1.54, 1.807) is 7.05 Å². The van der Waals surface area contributed by atoms with Crippen LogP contribution in [0.15, 0.2) is 41.4 Å². The van der Waals surface area contributed by atoms with Gasteiger partial charge in [-0.05, 0) is 48.1 Å². The lowest BCUT2D eigenvalue weighted by molar-refractivity contribution is 0.404. The fourth-order valence-electron chi connectivity index (χ4n) is 2.11. The van der Waals surface area contributed by atoms with E-state index in [2.05, 4.69) is 60.4 Å². The van der Waals surface area contributed by atoms with E-state index in [9.17, 15) is 0 Å². The molecule has 0 N–H and O–H groups in total. The first-order valence-electron chi connectivity index (χ1n) is 5.79. The lowest BCUT2D eigenvalue weighted by Crippen LogP contribution is -2.11. The van der Waals surface area contributed by atoms with Gasteiger partial charge >= 0.3 is 0 Å². The number of fused-ring (bicyclic) bond motifs is 1. The van der Waals surface area contributed by atoms with Crippen LogP contribution in [0, 0.1) is 0 Å². The van der Waals surface area contributed by atoms with Crippen LogP contribution in [0.3, 0.4) is 0 Å². The first kappa shape index (κ1) is 11.8. The zero-order valence-corrected chi connectivity index (χ0v) is 10.6. The Hall–Kier alpha value is -1.67. The molecule has 0 heterocycles. The van der Waals surface area contributed by atoms with E-state index < -0.39 is 0 Å². The lowest BCUT2D eigenvalue weighted by Gasteiger charge is -2.13. The molecule has 0 aliphatic heterocycles. The summed E-state index contributed by atoms with van der Waals surface area (Å²) in [6.45, 7) is 0.950. The largest absolute Gasteiger partial charge is 0.305 e. The van der Waals surface area contributed by atoms with Crippen molar-refractivity contribution in [3.63, 3.8) is 0 Å². The van der Waals surface area contributed by atoms with E-state index in [0.717, 1.165) is 6.54 Å². The highest BCUT2D eigenvalue weighted by molar-refractivity contribution is 5.92. The van der Waals surface area contributed by atoms with Gasteiger partial charge in [0.15, 0.2) is 0 Å². The van der Waals surface area contributed by atoms with Crippen molar-refractivity contribution in [3.05, 3.63) is 47.5 Å². The minimum absolute atomic E-state index is 0.950. The van der Waals surface area contributed by atoms with Gasteiger partial charge in [0.05, 0.1) is 0 Å². The lowest BCUT2D eigenvalue weighted by atomic mass is 10.0. The van der Waals surface area contributed by atoms with Gasteiger partial charge in [0.25, 0.3) is 0 Å². The predicted molar refractivity (Wildman–Crippen MR) is 74.9 cm³/mol. The number of rotatable bonds is 3. The molecule has 0 spiro atoms. The third-order valence-corrected chi connectivity index (χ3v) is 2.73. The summed E-state index contributed by atoms with van der Waals surface area (Å²) in [4.78, 5) is 6.28. The van der Waals surface area contributed by atoms with Crippen molar-refractivity contribution in [2.75, 3.05) is 21.1 Å². The standard InChI is InChI=1S/C15H18N2/c1-16-10-12-8-13-6-4-5-7-15(13)14(9-12)11-17(2)3/h4-10H,11H2,1-3H3. The average Bonchev–Trinajstić information content (AvgIpc) is 2.29. The zero-order valence-electron chi connectivity index (χ0n) is 10.6. The highest BCUT2D eigenvalue weighted by atomic mass is 15.0. The number of nitrogens with zero attached hydrogens (tertiary/aromatic N) is 2. The summed E-state index contributed by atoms with van der Waals surface area (Å²) in [5, 5.41) is 2.61. The highest BCUT2D eigenvalue weighted by Gasteiger charge is 2.03. The first-order valence-corrected chi connectivity index (χ1v) is 5.79. The van der Waals surface area contributed by atoms with Crippen LogP contribution < -0.4 is 0 Å². The summed E-state index contributed by atoms with van der Waals surface area (Å²) < 4.78 is 0. The van der Waals surface area contributed by atoms with Crippen molar-refractivity contribution >= 4 is 17.0 Å². The molecule has 0 fully saturated rings. The van der Waals surface area contributed by atoms with Crippen molar-refractivity contribution in [2.45, 2.75) is 6.54 Å². The summed E-state index contributed by atoms with van der Waals surface area (Å²) in [6.07, 6.45) is 1.91. The number of hydrogen-bond donors (Lipinski definition) is 0. The fourth-order valence-corrected chi connectivity index (χ4v) is 2.11. The second-order valence-electron chi connectivity index (χ2n) is 4.53. The summed E-state index contributed by atoms with van der Waals surface area (Å²) in [5.41, 5.74) is 2.52. The van der Waals surface area contributed by atoms with Gasteiger partial charge in [-0.2, -0.15) is 0 Å². The van der Waals surface area contributed by atoms with Crippen molar-refractivity contribution in [2.24, 2.45) is 4.99 Å². The molecule has 17 heavy (non-hydrogen) atoms. The minimum Gasteiger partial charge on any atom is -0.305 e. The Morgan fingerprint density at radius 1 is 1.18 bits per heavy atom. The number of hydrogen-bond acceptors (Lipinski definition) is 2. The normalized spacial score (nSPS) is 11.8. The van der Waals surface area contributed by atoms with Gasteiger partial charge in [-0.1, -0.05) is 24.3 Å². The van der Waals surface area contributed by atoms with E-state index >= 15 is 0 Å². The van der Waals surface area contributed by atoms with Gasteiger partial charge < -0.3 is 4.90 Å². The van der Waals surface area contributed by atoms with E-state index in [4.69, 9.17) is 0 Å². The molecule has 2 aromatic rings. The van der Waals surface area contributed by atoms with Gasteiger partial charge in [-0.3, -0.25) is 4.99 Å². The van der Waals surface area contributed by atoms with Crippen LogP contribution in [0.2, 0.25) is 0 Å². The first-order chi connectivity index (χ1) is 8.20. The molecule has 0 saturated carbocycles. The van der Waals surface area contributed by atoms with Gasteiger partial charge in [0, 0.05) is 19.8 Å². The third kappa shape index (κ3) is 2.71. The fraction of sp³-hybridized carbons (Fsp3) is 0.267. The predicted octanol–water partition coefficient (Wildman–Crippen LogP) is 2.95. The van der Waals surface area contributed by atoms with Crippen LogP contribution in [0.25, 0.3) is 10.8 Å². The molecular weight excluding hydrogens is 208 g/mol. The number of aliphatic imine (C=N–C) groups is 1. The molecule has 0 unspecified atom stereocenters. The van der Waals surface area contributed by atoms with Crippen LogP contribution in [0.1, 0.15) is 11.1 Å². The molecule has 2 heteroatoms. The van der Waals surface area contributed by atoms with E-state index in [1.165, 1.54) is 21.9 Å². The Morgan fingerprint density at radius 3 is 2.65 bits per heavy atom. The highest BCUT2D eigenvalue weighted by Crippen LogP contribution is 2.21. The van der Waals surface area contributed by atoms with Gasteiger partial charge in [-0.25, -0.2) is 0 Å². The van der Waals surface area contributed by atoms with Crippen molar-refractivity contribution < 1.29 is 0 Å². The third-order valence-electron chi connectivity index (χ3n) is 2.73. The Balaban J connectivity index is 2.60. The molecule has 0 aliphatic rings. The summed E-state index contributed by atoms with van der Waals surface area (Å²) >= 11 is 0. The van der Waals surface area contributed by atoms with E-state index in [1.807, 2.05) is 6.21 Å². The quantitative estimate of drug-likeness (QED) is 0.735. The molecular formula is C15H18N2. The molecule has 2 aromatic carbocycles. The van der Waals surface area contributed by atoms with Gasteiger partial charge in [0.1, 0.15) is 0 Å². The molecule has 0 amide bonds. The van der Waals surface area contributed by atoms with Gasteiger partial charge in [-0.15, -0.1) is 0 Å². The monoisotopic (exact) mass is 226 g/mol. The van der Waals surface area contributed by atoms with E-state index in [0.29, 0.717) is 0 Å². The Bertz CT molecular complexity index is 542. The number of benzene rings is 2. The maximum absolute atomic E-state index is 4.09. The smallest absolute Gasteiger partial charge is 0.0281 e.